The molecule has 0 aromatic heterocycles. The molecule has 25 heavy (non-hydrogen) atoms. The van der Waals surface area contributed by atoms with Crippen LogP contribution in [0.15, 0.2) is 28.7 Å². The molecule has 3 aliphatic heterocycles. The minimum Gasteiger partial charge on any atom is -0.507 e. The highest BCUT2D eigenvalue weighted by Crippen LogP contribution is 2.49. The Kier molecular flexibility index (Phi) is 3.25. The second-order valence-electron chi connectivity index (χ2n) is 6.62. The summed E-state index contributed by atoms with van der Waals surface area (Å²) in [5.74, 6) is 0.754. The summed E-state index contributed by atoms with van der Waals surface area (Å²) in [7, 11) is 0. The lowest BCUT2D eigenvalue weighted by atomic mass is 9.84. The predicted octanol–water partition coefficient (Wildman–Crippen LogP) is 3.35. The lowest BCUT2D eigenvalue weighted by molar-refractivity contribution is -0.119. The summed E-state index contributed by atoms with van der Waals surface area (Å²) in [6.07, 6.45) is 1.45. The van der Waals surface area contributed by atoms with Gasteiger partial charge in [0.25, 0.3) is 0 Å². The van der Waals surface area contributed by atoms with Crippen molar-refractivity contribution in [3.63, 3.8) is 0 Å². The molecule has 0 saturated heterocycles. The monoisotopic (exact) mass is 401 g/mol. The van der Waals surface area contributed by atoms with E-state index in [-0.39, 0.29) is 18.3 Å². The number of anilines is 1. The Labute approximate surface area is 153 Å². The zero-order valence-electron chi connectivity index (χ0n) is 13.4. The van der Waals surface area contributed by atoms with E-state index in [9.17, 15) is 9.90 Å². The number of aromatic hydroxyl groups is 1. The highest BCUT2D eigenvalue weighted by Gasteiger charge is 2.37. The molecule has 2 aromatic rings. The first kappa shape index (κ1) is 15.1. The molecule has 1 unspecified atom stereocenters. The zero-order valence-corrected chi connectivity index (χ0v) is 15.0. The Bertz CT molecular complexity index is 911. The Morgan fingerprint density at radius 2 is 1.88 bits per heavy atom. The van der Waals surface area contributed by atoms with Gasteiger partial charge in [-0.2, -0.15) is 0 Å². The van der Waals surface area contributed by atoms with Crippen LogP contribution < -0.4 is 14.4 Å². The summed E-state index contributed by atoms with van der Waals surface area (Å²) in [5.41, 5.74) is 3.93. The van der Waals surface area contributed by atoms with E-state index in [4.69, 9.17) is 9.47 Å². The van der Waals surface area contributed by atoms with Gasteiger partial charge in [0.2, 0.25) is 6.79 Å². The number of hydrogen-bond acceptors (Lipinski definition) is 5. The number of carbonyl (C=O) groups is 1. The molecule has 2 aromatic carbocycles. The van der Waals surface area contributed by atoms with E-state index in [2.05, 4.69) is 26.9 Å². The molecule has 0 fully saturated rings. The number of carbonyl (C=O) groups excluding carboxylic acids is 1. The van der Waals surface area contributed by atoms with Crippen LogP contribution in [0.25, 0.3) is 0 Å². The number of fused-ring (bicyclic) bond motifs is 1. The molecule has 1 N–H and O–H groups in total. The van der Waals surface area contributed by atoms with Gasteiger partial charge in [0, 0.05) is 46.9 Å². The third-order valence-electron chi connectivity index (χ3n) is 5.29. The van der Waals surface area contributed by atoms with Crippen molar-refractivity contribution in [1.82, 2.24) is 0 Å². The van der Waals surface area contributed by atoms with Gasteiger partial charge < -0.3 is 19.5 Å². The number of nitrogens with zero attached hydrogens (tertiary/aromatic N) is 1. The van der Waals surface area contributed by atoms with Gasteiger partial charge in [-0.05, 0) is 24.1 Å². The highest BCUT2D eigenvalue weighted by molar-refractivity contribution is 9.10. The number of Topliss-reactive ketones (excluding diaryl/α,β-unsaturated/α-hetero) is 1. The molecule has 0 bridgehead atoms. The third-order valence-corrected chi connectivity index (χ3v) is 5.98. The van der Waals surface area contributed by atoms with E-state index in [0.29, 0.717) is 23.5 Å². The van der Waals surface area contributed by atoms with Crippen molar-refractivity contribution < 1.29 is 19.4 Å². The molecule has 5 rings (SSSR count). The van der Waals surface area contributed by atoms with Gasteiger partial charge in [-0.3, -0.25) is 4.79 Å². The standard InChI is InChI=1S/C19H16BrNO4/c20-12-2-1-10-3-5-21-6-4-13(22)17(18(12)19(10)21)11-7-15-16(8-14(11)23)25-9-24-15/h1-2,7-8,17,23H,3-6,9H2. The number of halogens is 1. The minimum atomic E-state index is -0.512. The van der Waals surface area contributed by atoms with E-state index in [1.54, 1.807) is 12.1 Å². The lowest BCUT2D eigenvalue weighted by Crippen LogP contribution is -2.22. The van der Waals surface area contributed by atoms with Gasteiger partial charge in [-0.15, -0.1) is 0 Å². The van der Waals surface area contributed by atoms with Crippen LogP contribution in [0.1, 0.15) is 29.0 Å². The molecule has 1 atom stereocenters. The van der Waals surface area contributed by atoms with E-state index in [0.717, 1.165) is 35.2 Å². The average Bonchev–Trinajstić information content (AvgIpc) is 3.18. The van der Waals surface area contributed by atoms with Crippen molar-refractivity contribution in [3.8, 4) is 17.2 Å². The minimum absolute atomic E-state index is 0.0681. The molecule has 0 aliphatic carbocycles. The fourth-order valence-corrected chi connectivity index (χ4v) is 4.68. The van der Waals surface area contributed by atoms with E-state index < -0.39 is 5.92 Å². The lowest BCUT2D eigenvalue weighted by Gasteiger charge is -2.22. The number of phenols is 1. The Morgan fingerprint density at radius 3 is 2.72 bits per heavy atom. The number of hydrogen-bond donors (Lipinski definition) is 1. The van der Waals surface area contributed by atoms with Gasteiger partial charge in [0.15, 0.2) is 11.5 Å². The van der Waals surface area contributed by atoms with Crippen LogP contribution in [0.4, 0.5) is 5.69 Å². The first-order valence-corrected chi connectivity index (χ1v) is 9.14. The van der Waals surface area contributed by atoms with Crippen LogP contribution in [0.5, 0.6) is 17.2 Å². The molecule has 0 amide bonds. The van der Waals surface area contributed by atoms with Crippen LogP contribution in [0, 0.1) is 0 Å². The van der Waals surface area contributed by atoms with Crippen molar-refractivity contribution in [3.05, 3.63) is 45.4 Å². The van der Waals surface area contributed by atoms with Crippen LogP contribution in [0.2, 0.25) is 0 Å². The first-order chi connectivity index (χ1) is 12.1. The van der Waals surface area contributed by atoms with Gasteiger partial charge in [-0.1, -0.05) is 22.0 Å². The molecule has 5 nitrogen and oxygen atoms in total. The summed E-state index contributed by atoms with van der Waals surface area (Å²) in [6, 6.07) is 7.42. The molecule has 3 aliphatic rings. The fourth-order valence-electron chi connectivity index (χ4n) is 4.13. The summed E-state index contributed by atoms with van der Waals surface area (Å²) < 4.78 is 11.7. The van der Waals surface area contributed by atoms with E-state index in [1.807, 2.05) is 6.07 Å². The fraction of sp³-hybridized carbons (Fsp3) is 0.316. The van der Waals surface area contributed by atoms with Crippen LogP contribution in [-0.2, 0) is 11.2 Å². The van der Waals surface area contributed by atoms with Gasteiger partial charge in [0.1, 0.15) is 11.5 Å². The first-order valence-electron chi connectivity index (χ1n) is 8.35. The summed E-state index contributed by atoms with van der Waals surface area (Å²) >= 11 is 3.64. The van der Waals surface area contributed by atoms with Gasteiger partial charge >= 0.3 is 0 Å². The molecule has 0 saturated carbocycles. The van der Waals surface area contributed by atoms with Crippen LogP contribution in [0.3, 0.4) is 0 Å². The molecular formula is C19H16BrNO4. The second-order valence-corrected chi connectivity index (χ2v) is 7.47. The third kappa shape index (κ3) is 2.16. The zero-order chi connectivity index (χ0) is 17.1. The van der Waals surface area contributed by atoms with E-state index >= 15 is 0 Å². The number of ketones is 1. The summed E-state index contributed by atoms with van der Waals surface area (Å²) in [4.78, 5) is 15.3. The number of rotatable bonds is 1. The maximum absolute atomic E-state index is 13.0. The molecule has 128 valence electrons. The molecular weight excluding hydrogens is 386 g/mol. The predicted molar refractivity (Wildman–Crippen MR) is 95.8 cm³/mol. The Hall–Kier alpha value is -2.21. The molecule has 3 heterocycles. The average molecular weight is 402 g/mol. The second kappa shape index (κ2) is 5.39. The topological polar surface area (TPSA) is 59.0 Å². The Morgan fingerprint density at radius 1 is 1.12 bits per heavy atom. The molecule has 0 radical (unpaired) electrons. The van der Waals surface area contributed by atoms with Gasteiger partial charge in [0.05, 0.1) is 5.92 Å². The van der Waals surface area contributed by atoms with Crippen LogP contribution in [-0.4, -0.2) is 30.8 Å². The maximum atomic E-state index is 13.0. The maximum Gasteiger partial charge on any atom is 0.231 e. The number of phenolic OH excluding ortho intramolecular Hbond substituents is 1. The van der Waals surface area contributed by atoms with Crippen molar-refractivity contribution in [2.24, 2.45) is 0 Å². The van der Waals surface area contributed by atoms with Crippen molar-refractivity contribution in [1.29, 1.82) is 0 Å². The molecule has 0 spiro atoms. The summed E-state index contributed by atoms with van der Waals surface area (Å²) in [5, 5.41) is 10.6. The smallest absolute Gasteiger partial charge is 0.231 e. The van der Waals surface area contributed by atoms with Crippen molar-refractivity contribution in [2.75, 3.05) is 24.8 Å². The van der Waals surface area contributed by atoms with Gasteiger partial charge in [-0.25, -0.2) is 0 Å². The summed E-state index contributed by atoms with van der Waals surface area (Å²) in [6.45, 7) is 1.79. The number of ether oxygens (including phenoxy) is 2. The largest absolute Gasteiger partial charge is 0.507 e. The van der Waals surface area contributed by atoms with Crippen molar-refractivity contribution in [2.45, 2.75) is 18.8 Å². The SMILES string of the molecule is O=C1CCN2CCc3ccc(Br)c(c32)C1c1cc2c(cc1O)OCO2. The van der Waals surface area contributed by atoms with E-state index in [1.165, 1.54) is 5.56 Å². The normalized spacial score (nSPS) is 20.6. The quantitative estimate of drug-likeness (QED) is 0.793. The molecule has 6 heteroatoms. The highest BCUT2D eigenvalue weighted by atomic mass is 79.9. The van der Waals surface area contributed by atoms with Crippen molar-refractivity contribution >= 4 is 27.4 Å². The number of benzene rings is 2. The van der Waals surface area contributed by atoms with Crippen LogP contribution >= 0.6 is 15.9 Å². The Balaban J connectivity index is 1.76.